The summed E-state index contributed by atoms with van der Waals surface area (Å²) in [6.07, 6.45) is 0. The van der Waals surface area contributed by atoms with Crippen LogP contribution in [0.3, 0.4) is 0 Å². The highest BCUT2D eigenvalue weighted by molar-refractivity contribution is 7.85. The lowest BCUT2D eigenvalue weighted by molar-refractivity contribution is 0.101. The predicted molar refractivity (Wildman–Crippen MR) is 49.1 cm³/mol. The van der Waals surface area contributed by atoms with Crippen LogP contribution in [-0.2, 0) is 10.1 Å². The molecule has 0 saturated carbocycles. The van der Waals surface area contributed by atoms with Crippen LogP contribution in [0.2, 0.25) is 0 Å². The number of hydrogen-bond acceptors (Lipinski definition) is 4. The van der Waals surface area contributed by atoms with Crippen LogP contribution in [0.5, 0.6) is 0 Å². The van der Waals surface area contributed by atoms with Crippen molar-refractivity contribution in [3.8, 4) is 0 Å². The molecule has 0 fully saturated rings. The van der Waals surface area contributed by atoms with Crippen molar-refractivity contribution in [2.45, 2.75) is 4.90 Å². The monoisotopic (exact) mass is 213 g/mol. The Kier molecular flexibility index (Phi) is 1.83. The van der Waals surface area contributed by atoms with Crippen LogP contribution >= 0.6 is 0 Å². The maximum Gasteiger partial charge on any atom is 0.294 e. The zero-order chi connectivity index (χ0) is 10.3. The second-order valence-electron chi connectivity index (χ2n) is 2.96. The molecule has 0 bridgehead atoms. The standard InChI is InChI=1S/C8H7NO4S/c10-8-4-9-7-3-5(14(11,12)13)1-2-6(7)8/h1-3,9H,4H2,(H,11,12,13). The summed E-state index contributed by atoms with van der Waals surface area (Å²) in [5.74, 6) is -0.0816. The molecule has 0 amide bonds. The molecular weight excluding hydrogens is 206 g/mol. The SMILES string of the molecule is O=C1CNc2cc(S(=O)(=O)O)ccc21. The summed E-state index contributed by atoms with van der Waals surface area (Å²) in [5, 5.41) is 2.74. The number of ketones is 1. The minimum absolute atomic E-state index is 0.0816. The van der Waals surface area contributed by atoms with Gasteiger partial charge in [-0.1, -0.05) is 0 Å². The van der Waals surface area contributed by atoms with Crippen LogP contribution in [0.1, 0.15) is 10.4 Å². The lowest BCUT2D eigenvalue weighted by Gasteiger charge is -2.00. The predicted octanol–water partition coefficient (Wildman–Crippen LogP) is 0.541. The van der Waals surface area contributed by atoms with Crippen LogP contribution < -0.4 is 5.32 Å². The molecule has 2 rings (SSSR count). The average molecular weight is 213 g/mol. The number of fused-ring (bicyclic) bond motifs is 1. The molecule has 0 spiro atoms. The van der Waals surface area contributed by atoms with E-state index in [1.54, 1.807) is 0 Å². The van der Waals surface area contributed by atoms with Crippen molar-refractivity contribution in [1.29, 1.82) is 0 Å². The maximum atomic E-state index is 11.2. The van der Waals surface area contributed by atoms with E-state index >= 15 is 0 Å². The first-order valence-electron chi connectivity index (χ1n) is 3.87. The van der Waals surface area contributed by atoms with Crippen molar-refractivity contribution in [3.05, 3.63) is 23.8 Å². The maximum absolute atomic E-state index is 11.2. The molecule has 1 heterocycles. The molecule has 5 nitrogen and oxygen atoms in total. The zero-order valence-electron chi connectivity index (χ0n) is 7.02. The van der Waals surface area contributed by atoms with E-state index in [1.807, 2.05) is 0 Å². The highest BCUT2D eigenvalue weighted by Gasteiger charge is 2.21. The van der Waals surface area contributed by atoms with Crippen molar-refractivity contribution in [1.82, 2.24) is 0 Å². The molecule has 0 aromatic heterocycles. The fourth-order valence-corrected chi connectivity index (χ4v) is 1.85. The summed E-state index contributed by atoms with van der Waals surface area (Å²) in [6, 6.07) is 3.84. The van der Waals surface area contributed by atoms with Crippen molar-refractivity contribution in [2.24, 2.45) is 0 Å². The Balaban J connectivity index is 2.58. The van der Waals surface area contributed by atoms with Gasteiger partial charge >= 0.3 is 0 Å². The number of carbonyl (C=O) groups is 1. The van der Waals surface area contributed by atoms with Gasteiger partial charge in [-0.25, -0.2) is 0 Å². The van der Waals surface area contributed by atoms with E-state index in [2.05, 4.69) is 5.32 Å². The molecule has 0 unspecified atom stereocenters. The fourth-order valence-electron chi connectivity index (χ4n) is 1.34. The molecule has 14 heavy (non-hydrogen) atoms. The summed E-state index contributed by atoms with van der Waals surface area (Å²) >= 11 is 0. The van der Waals surface area contributed by atoms with Crippen molar-refractivity contribution < 1.29 is 17.8 Å². The first kappa shape index (κ1) is 9.17. The molecule has 1 aromatic rings. The number of anilines is 1. The van der Waals surface area contributed by atoms with Gasteiger partial charge < -0.3 is 5.32 Å². The largest absolute Gasteiger partial charge is 0.377 e. The molecule has 0 aliphatic carbocycles. The van der Waals surface area contributed by atoms with Gasteiger partial charge in [0.15, 0.2) is 5.78 Å². The Hall–Kier alpha value is -1.40. The summed E-state index contributed by atoms with van der Waals surface area (Å²) in [6.45, 7) is 0.171. The highest BCUT2D eigenvalue weighted by Crippen LogP contribution is 2.25. The van der Waals surface area contributed by atoms with Gasteiger partial charge in [0.05, 0.1) is 11.4 Å². The third-order valence-corrected chi connectivity index (χ3v) is 2.88. The number of nitrogens with one attached hydrogen (secondary N) is 1. The molecule has 0 atom stereocenters. The molecule has 0 saturated heterocycles. The first-order chi connectivity index (χ1) is 6.48. The van der Waals surface area contributed by atoms with Crippen LogP contribution in [0, 0.1) is 0 Å². The quantitative estimate of drug-likeness (QED) is 0.665. The highest BCUT2D eigenvalue weighted by atomic mass is 32.2. The summed E-state index contributed by atoms with van der Waals surface area (Å²) in [7, 11) is -4.19. The molecular formula is C8H7NO4S. The minimum atomic E-state index is -4.19. The van der Waals surface area contributed by atoms with E-state index in [0.717, 1.165) is 0 Å². The van der Waals surface area contributed by atoms with Gasteiger partial charge in [0.25, 0.3) is 10.1 Å². The molecule has 1 aliphatic heterocycles. The second-order valence-corrected chi connectivity index (χ2v) is 4.38. The van der Waals surface area contributed by atoms with Gasteiger partial charge in [-0.2, -0.15) is 8.42 Å². The van der Waals surface area contributed by atoms with Gasteiger partial charge in [0, 0.05) is 11.3 Å². The van der Waals surface area contributed by atoms with E-state index in [4.69, 9.17) is 4.55 Å². The molecule has 1 aromatic carbocycles. The van der Waals surface area contributed by atoms with Gasteiger partial charge in [0.1, 0.15) is 0 Å². The zero-order valence-corrected chi connectivity index (χ0v) is 7.84. The van der Waals surface area contributed by atoms with E-state index in [9.17, 15) is 13.2 Å². The Labute approximate surface area is 80.5 Å². The van der Waals surface area contributed by atoms with E-state index in [-0.39, 0.29) is 17.2 Å². The fraction of sp³-hybridized carbons (Fsp3) is 0.125. The molecule has 0 radical (unpaired) electrons. The van der Waals surface area contributed by atoms with Gasteiger partial charge in [0.2, 0.25) is 0 Å². The number of hydrogen-bond donors (Lipinski definition) is 2. The summed E-state index contributed by atoms with van der Waals surface area (Å²) in [5.41, 5.74) is 0.905. The lowest BCUT2D eigenvalue weighted by Crippen LogP contribution is -2.00. The first-order valence-corrected chi connectivity index (χ1v) is 5.31. The topological polar surface area (TPSA) is 83.5 Å². The van der Waals surface area contributed by atoms with Crippen molar-refractivity contribution in [2.75, 3.05) is 11.9 Å². The third-order valence-electron chi connectivity index (χ3n) is 2.03. The molecule has 74 valence electrons. The molecule has 6 heteroatoms. The summed E-state index contributed by atoms with van der Waals surface area (Å²) < 4.78 is 30.3. The van der Waals surface area contributed by atoms with Crippen molar-refractivity contribution >= 4 is 21.6 Å². The third kappa shape index (κ3) is 1.38. The molecule has 2 N–H and O–H groups in total. The number of benzene rings is 1. The Morgan fingerprint density at radius 1 is 1.36 bits per heavy atom. The average Bonchev–Trinajstić information content (AvgIpc) is 2.46. The lowest BCUT2D eigenvalue weighted by atomic mass is 10.1. The van der Waals surface area contributed by atoms with Crippen LogP contribution in [-0.4, -0.2) is 25.3 Å². The number of Topliss-reactive ketones (excluding diaryl/α,β-unsaturated/α-hetero) is 1. The minimum Gasteiger partial charge on any atom is -0.377 e. The van der Waals surface area contributed by atoms with Gasteiger partial charge in [-0.3, -0.25) is 9.35 Å². The van der Waals surface area contributed by atoms with Gasteiger partial charge in [-0.05, 0) is 18.2 Å². The summed E-state index contributed by atoms with van der Waals surface area (Å²) in [4.78, 5) is 10.9. The Bertz CT molecular complexity index is 506. The Morgan fingerprint density at radius 2 is 2.07 bits per heavy atom. The van der Waals surface area contributed by atoms with E-state index < -0.39 is 10.1 Å². The van der Waals surface area contributed by atoms with E-state index in [0.29, 0.717) is 11.3 Å². The molecule has 1 aliphatic rings. The number of carbonyl (C=O) groups excluding carboxylic acids is 1. The smallest absolute Gasteiger partial charge is 0.294 e. The normalized spacial score (nSPS) is 15.1. The van der Waals surface area contributed by atoms with Crippen molar-refractivity contribution in [3.63, 3.8) is 0 Å². The van der Waals surface area contributed by atoms with Crippen LogP contribution in [0.15, 0.2) is 23.1 Å². The van der Waals surface area contributed by atoms with Gasteiger partial charge in [-0.15, -0.1) is 0 Å². The van der Waals surface area contributed by atoms with E-state index in [1.165, 1.54) is 18.2 Å². The number of rotatable bonds is 1. The van der Waals surface area contributed by atoms with Crippen LogP contribution in [0.4, 0.5) is 5.69 Å². The second kappa shape index (κ2) is 2.79. The van der Waals surface area contributed by atoms with Crippen LogP contribution in [0.25, 0.3) is 0 Å². The Morgan fingerprint density at radius 3 is 2.71 bits per heavy atom.